The number of rotatable bonds is 2. The third kappa shape index (κ3) is 2.16. The topological polar surface area (TPSA) is 99.8 Å². The molecule has 0 aromatic carbocycles. The molecule has 0 radical (unpaired) electrons. The Balaban J connectivity index is 3.38. The maximum Gasteiger partial charge on any atom is 0.314 e. The van der Waals surface area contributed by atoms with Crippen molar-refractivity contribution in [2.45, 2.75) is 19.8 Å². The lowest BCUT2D eigenvalue weighted by molar-refractivity contribution is 0.0665. The summed E-state index contributed by atoms with van der Waals surface area (Å²) in [6.07, 6.45) is 0. The van der Waals surface area contributed by atoms with Gasteiger partial charge in [0, 0.05) is 12.0 Å². The fraction of sp³-hybridized carbons (Fsp3) is 0.333. The summed E-state index contributed by atoms with van der Waals surface area (Å²) in [6.45, 7) is 3.52. The number of carbonyl (C=O) groups is 1. The molecule has 0 saturated heterocycles. The Kier molecular flexibility index (Phi) is 3.11. The highest BCUT2D eigenvalue weighted by molar-refractivity contribution is 5.92. The molecular weight excluding hydrogens is 202 g/mol. The molecule has 0 aliphatic carbocycles. The third-order valence-corrected chi connectivity index (χ3v) is 1.82. The normalized spacial score (nSPS) is 10.4. The van der Waals surface area contributed by atoms with E-state index in [-0.39, 0.29) is 11.7 Å². The van der Waals surface area contributed by atoms with Gasteiger partial charge in [0.1, 0.15) is 5.76 Å². The molecule has 0 aliphatic rings. The van der Waals surface area contributed by atoms with Gasteiger partial charge in [-0.25, -0.2) is 5.48 Å². The van der Waals surface area contributed by atoms with E-state index in [4.69, 9.17) is 9.62 Å². The van der Waals surface area contributed by atoms with Gasteiger partial charge >= 0.3 is 5.91 Å². The maximum atomic E-state index is 11.2. The van der Waals surface area contributed by atoms with Gasteiger partial charge in [0.05, 0.1) is 0 Å². The van der Waals surface area contributed by atoms with Crippen molar-refractivity contribution in [3.8, 4) is 5.75 Å². The van der Waals surface area contributed by atoms with E-state index in [9.17, 15) is 14.7 Å². The summed E-state index contributed by atoms with van der Waals surface area (Å²) >= 11 is 0. The lowest BCUT2D eigenvalue weighted by Gasteiger charge is -2.06. The summed E-state index contributed by atoms with van der Waals surface area (Å²) in [6, 6.07) is 1.11. The number of hydrogen-bond acceptors (Lipinski definition) is 5. The maximum absolute atomic E-state index is 11.2. The molecule has 0 fully saturated rings. The number of amides is 1. The molecule has 0 aliphatic heterocycles. The first-order valence-electron chi connectivity index (χ1n) is 4.28. The van der Waals surface area contributed by atoms with Crippen LogP contribution in [0.2, 0.25) is 0 Å². The first-order valence-corrected chi connectivity index (χ1v) is 4.28. The predicted molar refractivity (Wildman–Crippen MR) is 50.0 cm³/mol. The van der Waals surface area contributed by atoms with Gasteiger partial charge in [0.2, 0.25) is 16.9 Å². The minimum atomic E-state index is -1.06. The minimum Gasteiger partial charge on any atom is -0.501 e. The van der Waals surface area contributed by atoms with Crippen LogP contribution in [0.3, 0.4) is 0 Å². The Hall–Kier alpha value is -1.82. The van der Waals surface area contributed by atoms with E-state index in [1.54, 1.807) is 13.8 Å². The van der Waals surface area contributed by atoms with E-state index < -0.39 is 22.8 Å². The number of hydroxylamine groups is 1. The van der Waals surface area contributed by atoms with Crippen molar-refractivity contribution in [1.29, 1.82) is 0 Å². The third-order valence-electron chi connectivity index (χ3n) is 1.82. The molecule has 0 bridgehead atoms. The molecule has 3 N–H and O–H groups in total. The minimum absolute atomic E-state index is 0.108. The lowest BCUT2D eigenvalue weighted by Crippen LogP contribution is -2.21. The molecule has 0 spiro atoms. The quantitative estimate of drug-likeness (QED) is 0.493. The summed E-state index contributed by atoms with van der Waals surface area (Å²) in [5, 5.41) is 17.6. The molecule has 1 heterocycles. The lowest BCUT2D eigenvalue weighted by atomic mass is 10.1. The fourth-order valence-corrected chi connectivity index (χ4v) is 0.994. The van der Waals surface area contributed by atoms with Crippen molar-refractivity contribution in [3.63, 3.8) is 0 Å². The molecule has 82 valence electrons. The van der Waals surface area contributed by atoms with E-state index in [0.29, 0.717) is 0 Å². The van der Waals surface area contributed by atoms with Crippen LogP contribution in [0.5, 0.6) is 5.75 Å². The highest BCUT2D eigenvalue weighted by atomic mass is 16.5. The summed E-state index contributed by atoms with van der Waals surface area (Å²) in [5.41, 5.74) is 0.565. The van der Waals surface area contributed by atoms with Gasteiger partial charge in [-0.15, -0.1) is 0 Å². The SMILES string of the molecule is CC(C)c1cc(=O)c(O)c(C(=O)NO)o1. The van der Waals surface area contributed by atoms with Gasteiger partial charge in [-0.05, 0) is 0 Å². The second-order valence-electron chi connectivity index (χ2n) is 3.29. The smallest absolute Gasteiger partial charge is 0.314 e. The van der Waals surface area contributed by atoms with Crippen molar-refractivity contribution in [3.05, 3.63) is 27.8 Å². The molecule has 6 heteroatoms. The van der Waals surface area contributed by atoms with Crippen molar-refractivity contribution in [2.24, 2.45) is 0 Å². The number of nitrogens with one attached hydrogen (secondary N) is 1. The Morgan fingerprint density at radius 1 is 1.53 bits per heavy atom. The summed E-state index contributed by atoms with van der Waals surface area (Å²) in [4.78, 5) is 22.2. The predicted octanol–water partition coefficient (Wildman–Crippen LogP) is 0.588. The van der Waals surface area contributed by atoms with E-state index in [1.807, 2.05) is 0 Å². The molecule has 1 amide bonds. The number of aromatic hydroxyl groups is 1. The summed E-state index contributed by atoms with van der Waals surface area (Å²) < 4.78 is 4.98. The van der Waals surface area contributed by atoms with Crippen molar-refractivity contribution >= 4 is 5.91 Å². The first kappa shape index (κ1) is 11.3. The zero-order valence-electron chi connectivity index (χ0n) is 8.27. The molecule has 0 atom stereocenters. The average molecular weight is 213 g/mol. The molecule has 1 rings (SSSR count). The van der Waals surface area contributed by atoms with E-state index in [1.165, 1.54) is 5.48 Å². The molecule has 6 nitrogen and oxygen atoms in total. The van der Waals surface area contributed by atoms with Crippen LogP contribution in [0.4, 0.5) is 0 Å². The Labute approximate surface area is 85.1 Å². The van der Waals surface area contributed by atoms with Crippen LogP contribution in [0.1, 0.15) is 36.1 Å². The molecule has 0 unspecified atom stereocenters. The molecule has 15 heavy (non-hydrogen) atoms. The van der Waals surface area contributed by atoms with Crippen molar-refractivity contribution in [2.75, 3.05) is 0 Å². The van der Waals surface area contributed by atoms with Crippen molar-refractivity contribution in [1.82, 2.24) is 5.48 Å². The molecular formula is C9H11NO5. The van der Waals surface area contributed by atoms with Gasteiger partial charge in [-0.1, -0.05) is 13.8 Å². The van der Waals surface area contributed by atoms with E-state index in [0.717, 1.165) is 6.07 Å². The second kappa shape index (κ2) is 4.14. The van der Waals surface area contributed by atoms with E-state index in [2.05, 4.69) is 0 Å². The second-order valence-corrected chi connectivity index (χ2v) is 3.29. The van der Waals surface area contributed by atoms with Crippen LogP contribution < -0.4 is 10.9 Å². The standard InChI is InChI=1S/C9H11NO5/c1-4(2)6-3-5(11)7(12)8(15-6)9(13)10-14/h3-4,12,14H,1-2H3,(H,10,13). The van der Waals surface area contributed by atoms with Crippen LogP contribution in [0.25, 0.3) is 0 Å². The number of carbonyl (C=O) groups excluding carboxylic acids is 1. The highest BCUT2D eigenvalue weighted by Crippen LogP contribution is 2.19. The Morgan fingerprint density at radius 2 is 2.13 bits per heavy atom. The van der Waals surface area contributed by atoms with Crippen LogP contribution in [-0.4, -0.2) is 16.2 Å². The van der Waals surface area contributed by atoms with Gasteiger partial charge in [0.25, 0.3) is 0 Å². The van der Waals surface area contributed by atoms with Crippen molar-refractivity contribution < 1.29 is 19.5 Å². The van der Waals surface area contributed by atoms with Crippen LogP contribution in [-0.2, 0) is 0 Å². The monoisotopic (exact) mass is 213 g/mol. The zero-order chi connectivity index (χ0) is 11.6. The first-order chi connectivity index (χ1) is 6.97. The summed E-state index contributed by atoms with van der Waals surface area (Å²) in [5.74, 6) is -2.31. The van der Waals surface area contributed by atoms with Crippen LogP contribution in [0, 0.1) is 0 Å². The van der Waals surface area contributed by atoms with Crippen LogP contribution >= 0.6 is 0 Å². The van der Waals surface area contributed by atoms with Gasteiger partial charge in [-0.3, -0.25) is 14.8 Å². The molecule has 0 saturated carbocycles. The molecule has 1 aromatic rings. The van der Waals surface area contributed by atoms with E-state index >= 15 is 0 Å². The number of hydrogen-bond donors (Lipinski definition) is 3. The highest BCUT2D eigenvalue weighted by Gasteiger charge is 2.19. The largest absolute Gasteiger partial charge is 0.501 e. The van der Waals surface area contributed by atoms with Gasteiger partial charge in [-0.2, -0.15) is 0 Å². The Bertz CT molecular complexity index is 435. The Morgan fingerprint density at radius 3 is 2.60 bits per heavy atom. The fourth-order valence-electron chi connectivity index (χ4n) is 0.994. The molecule has 1 aromatic heterocycles. The van der Waals surface area contributed by atoms with Crippen LogP contribution in [0.15, 0.2) is 15.3 Å². The summed E-state index contributed by atoms with van der Waals surface area (Å²) in [7, 11) is 0. The van der Waals surface area contributed by atoms with Gasteiger partial charge in [0.15, 0.2) is 0 Å². The average Bonchev–Trinajstić information content (AvgIpc) is 2.20. The van der Waals surface area contributed by atoms with Gasteiger partial charge < -0.3 is 9.52 Å². The zero-order valence-corrected chi connectivity index (χ0v) is 8.27.